The van der Waals surface area contributed by atoms with Crippen molar-refractivity contribution in [3.8, 4) is 0 Å². The Labute approximate surface area is 134 Å². The van der Waals surface area contributed by atoms with E-state index < -0.39 is 24.0 Å². The molecule has 22 heavy (non-hydrogen) atoms. The molecule has 2 N–H and O–H groups in total. The number of Topliss-reactive ketones (excluding diaryl/α,β-unsaturated/α-hetero) is 1. The summed E-state index contributed by atoms with van der Waals surface area (Å²) in [6.45, 7) is 1.60. The number of urea groups is 1. The first-order chi connectivity index (χ1) is 10.5. The molecule has 1 rings (SSSR count). The highest BCUT2D eigenvalue weighted by Gasteiger charge is 2.25. The van der Waals surface area contributed by atoms with Crippen LogP contribution < -0.4 is 10.2 Å². The van der Waals surface area contributed by atoms with Crippen LogP contribution in [0.15, 0.2) is 30.3 Å². The van der Waals surface area contributed by atoms with Gasteiger partial charge < -0.3 is 10.1 Å². The molecule has 0 aromatic heterocycles. The lowest BCUT2D eigenvalue weighted by Gasteiger charge is -2.18. The summed E-state index contributed by atoms with van der Waals surface area (Å²) in [4.78, 5) is 37.0. The van der Waals surface area contributed by atoms with Gasteiger partial charge in [-0.25, -0.2) is 9.63 Å². The molecule has 0 aliphatic carbocycles. The molecule has 7 heteroatoms. The summed E-state index contributed by atoms with van der Waals surface area (Å²) < 4.78 is 4.60. The standard InChI is InChI=1S/C15H19ClN2O4/c1-10(14(20)22-2)8-13(19)12(17-15(21)18-16)9-11-6-4-3-5-7-11/h3-7,10,12H,8-9H2,1-2H3,(H2,17,18,21)/t10-,12+/m1/s1. The number of hydrogen-bond donors (Lipinski definition) is 2. The molecule has 0 spiro atoms. The molecular weight excluding hydrogens is 308 g/mol. The molecule has 0 fully saturated rings. The Morgan fingerprint density at radius 3 is 2.41 bits per heavy atom. The number of halogens is 1. The lowest BCUT2D eigenvalue weighted by Crippen LogP contribution is -2.45. The number of carbonyl (C=O) groups excluding carboxylic acids is 3. The van der Waals surface area contributed by atoms with Crippen molar-refractivity contribution in [3.63, 3.8) is 0 Å². The maximum atomic E-state index is 12.3. The van der Waals surface area contributed by atoms with Gasteiger partial charge in [-0.3, -0.25) is 9.59 Å². The van der Waals surface area contributed by atoms with Crippen LogP contribution in [0.2, 0.25) is 0 Å². The molecular formula is C15H19ClN2O4. The summed E-state index contributed by atoms with van der Waals surface area (Å²) in [6.07, 6.45) is 0.296. The van der Waals surface area contributed by atoms with E-state index in [1.54, 1.807) is 6.92 Å². The van der Waals surface area contributed by atoms with Crippen molar-refractivity contribution in [2.24, 2.45) is 5.92 Å². The zero-order chi connectivity index (χ0) is 16.5. The van der Waals surface area contributed by atoms with Crippen LogP contribution in [0, 0.1) is 5.92 Å². The first kappa shape index (κ1) is 18.0. The Bertz CT molecular complexity index is 522. The monoisotopic (exact) mass is 326 g/mol. The van der Waals surface area contributed by atoms with Crippen molar-refractivity contribution in [1.29, 1.82) is 0 Å². The van der Waals surface area contributed by atoms with Crippen molar-refractivity contribution in [2.45, 2.75) is 25.8 Å². The second-order valence-corrected chi connectivity index (χ2v) is 5.09. The third-order valence-electron chi connectivity index (χ3n) is 3.17. The normalized spacial score (nSPS) is 12.9. The summed E-state index contributed by atoms with van der Waals surface area (Å²) in [7, 11) is 1.27. The molecule has 0 saturated carbocycles. The van der Waals surface area contributed by atoms with Crippen molar-refractivity contribution < 1.29 is 19.1 Å². The average Bonchev–Trinajstić information content (AvgIpc) is 2.53. The molecule has 2 atom stereocenters. The number of ether oxygens (including phenoxy) is 1. The fourth-order valence-corrected chi connectivity index (χ4v) is 2.06. The van der Waals surface area contributed by atoms with Gasteiger partial charge in [-0.2, -0.15) is 0 Å². The van der Waals surface area contributed by atoms with Gasteiger partial charge in [0.05, 0.1) is 19.1 Å². The first-order valence-corrected chi connectivity index (χ1v) is 7.17. The maximum absolute atomic E-state index is 12.3. The van der Waals surface area contributed by atoms with E-state index in [4.69, 9.17) is 11.8 Å². The van der Waals surface area contributed by atoms with Crippen LogP contribution in [-0.2, 0) is 20.7 Å². The minimum Gasteiger partial charge on any atom is -0.469 e. The minimum atomic E-state index is -0.770. The van der Waals surface area contributed by atoms with Gasteiger partial charge in [0.1, 0.15) is 0 Å². The molecule has 1 aromatic rings. The minimum absolute atomic E-state index is 0.0211. The van der Waals surface area contributed by atoms with E-state index in [0.29, 0.717) is 6.42 Å². The zero-order valence-corrected chi connectivity index (χ0v) is 13.2. The topological polar surface area (TPSA) is 84.5 Å². The third-order valence-corrected chi connectivity index (χ3v) is 3.35. The quantitative estimate of drug-likeness (QED) is 0.591. The predicted octanol–water partition coefficient (Wildman–Crippen LogP) is 1.82. The summed E-state index contributed by atoms with van der Waals surface area (Å²) in [5.41, 5.74) is 0.890. The molecule has 2 amide bonds. The largest absolute Gasteiger partial charge is 0.469 e. The van der Waals surface area contributed by atoms with Crippen LogP contribution in [0.1, 0.15) is 18.9 Å². The van der Waals surface area contributed by atoms with E-state index in [1.807, 2.05) is 35.2 Å². The lowest BCUT2D eigenvalue weighted by molar-refractivity contribution is -0.146. The predicted molar refractivity (Wildman–Crippen MR) is 82.3 cm³/mol. The van der Waals surface area contributed by atoms with Crippen molar-refractivity contribution >= 4 is 29.6 Å². The highest BCUT2D eigenvalue weighted by molar-refractivity contribution is 6.21. The van der Waals surface area contributed by atoms with Crippen LogP contribution in [0.4, 0.5) is 4.79 Å². The van der Waals surface area contributed by atoms with Gasteiger partial charge in [-0.05, 0) is 12.0 Å². The summed E-state index contributed by atoms with van der Waals surface area (Å²) in [5, 5.41) is 2.49. The second kappa shape index (κ2) is 9.04. The van der Waals surface area contributed by atoms with Gasteiger partial charge >= 0.3 is 12.0 Å². The third kappa shape index (κ3) is 5.73. The van der Waals surface area contributed by atoms with E-state index in [9.17, 15) is 14.4 Å². The number of carbonyl (C=O) groups is 3. The maximum Gasteiger partial charge on any atom is 0.329 e. The number of esters is 1. The Morgan fingerprint density at radius 1 is 1.23 bits per heavy atom. The number of rotatable bonds is 7. The van der Waals surface area contributed by atoms with Crippen LogP contribution >= 0.6 is 11.8 Å². The lowest BCUT2D eigenvalue weighted by atomic mass is 9.95. The highest BCUT2D eigenvalue weighted by Crippen LogP contribution is 2.11. The fourth-order valence-electron chi connectivity index (χ4n) is 2.01. The Kier molecular flexibility index (Phi) is 7.39. The molecule has 0 radical (unpaired) electrons. The van der Waals surface area contributed by atoms with E-state index in [2.05, 4.69) is 10.1 Å². The van der Waals surface area contributed by atoms with Crippen LogP contribution in [-0.4, -0.2) is 30.9 Å². The van der Waals surface area contributed by atoms with Gasteiger partial charge in [-0.15, -0.1) is 0 Å². The molecule has 6 nitrogen and oxygen atoms in total. The molecule has 0 saturated heterocycles. The Hall–Kier alpha value is -2.08. The smallest absolute Gasteiger partial charge is 0.329 e. The van der Waals surface area contributed by atoms with Crippen LogP contribution in [0.5, 0.6) is 0 Å². The number of amides is 2. The van der Waals surface area contributed by atoms with Gasteiger partial charge in [0.25, 0.3) is 0 Å². The molecule has 1 aromatic carbocycles. The Balaban J connectivity index is 2.78. The highest BCUT2D eigenvalue weighted by atomic mass is 35.5. The molecule has 0 aliphatic heterocycles. The first-order valence-electron chi connectivity index (χ1n) is 6.79. The molecule has 0 unspecified atom stereocenters. The summed E-state index contributed by atoms with van der Waals surface area (Å²) in [6, 6.07) is 7.81. The molecule has 120 valence electrons. The van der Waals surface area contributed by atoms with Crippen LogP contribution in [0.25, 0.3) is 0 Å². The average molecular weight is 327 g/mol. The van der Waals surface area contributed by atoms with Crippen molar-refractivity contribution in [1.82, 2.24) is 10.2 Å². The van der Waals surface area contributed by atoms with E-state index in [0.717, 1.165) is 5.56 Å². The number of benzene rings is 1. The molecule has 0 bridgehead atoms. The second-order valence-electron chi connectivity index (χ2n) is 4.90. The van der Waals surface area contributed by atoms with Crippen molar-refractivity contribution in [3.05, 3.63) is 35.9 Å². The van der Waals surface area contributed by atoms with Crippen LogP contribution in [0.3, 0.4) is 0 Å². The molecule has 0 heterocycles. The van der Waals surface area contributed by atoms with E-state index in [-0.39, 0.29) is 12.2 Å². The van der Waals surface area contributed by atoms with E-state index >= 15 is 0 Å². The van der Waals surface area contributed by atoms with Crippen molar-refractivity contribution in [2.75, 3.05) is 7.11 Å². The van der Waals surface area contributed by atoms with Gasteiger partial charge in [0.15, 0.2) is 5.78 Å². The summed E-state index contributed by atoms with van der Waals surface area (Å²) in [5.74, 6) is -1.30. The fraction of sp³-hybridized carbons (Fsp3) is 0.400. The number of ketones is 1. The van der Waals surface area contributed by atoms with Gasteiger partial charge in [-0.1, -0.05) is 37.3 Å². The van der Waals surface area contributed by atoms with E-state index in [1.165, 1.54) is 7.11 Å². The number of hydrogen-bond acceptors (Lipinski definition) is 4. The van der Waals surface area contributed by atoms with Gasteiger partial charge in [0, 0.05) is 18.2 Å². The zero-order valence-electron chi connectivity index (χ0n) is 12.5. The summed E-state index contributed by atoms with van der Waals surface area (Å²) >= 11 is 5.23. The SMILES string of the molecule is COC(=O)[C@H](C)CC(=O)[C@H](Cc1ccccc1)NC(=O)NCl. The number of nitrogens with one attached hydrogen (secondary N) is 2. The molecule has 0 aliphatic rings. The Morgan fingerprint density at radius 2 is 1.86 bits per heavy atom. The van der Waals surface area contributed by atoms with Gasteiger partial charge in [0.2, 0.25) is 0 Å². The number of methoxy groups -OCH3 is 1.